The van der Waals surface area contributed by atoms with Crippen molar-refractivity contribution in [3.05, 3.63) is 24.3 Å². The number of hydrogen-bond acceptors (Lipinski definition) is 4. The fourth-order valence-electron chi connectivity index (χ4n) is 1.52. The molecular formula is C12H17F3N2O3S. The molecule has 5 nitrogen and oxygen atoms in total. The number of halogens is 3. The van der Waals surface area contributed by atoms with Gasteiger partial charge in [0.15, 0.2) is 0 Å². The average Bonchev–Trinajstić information content (AvgIpc) is 2.37. The zero-order chi connectivity index (χ0) is 15.9. The van der Waals surface area contributed by atoms with E-state index >= 15 is 0 Å². The summed E-state index contributed by atoms with van der Waals surface area (Å²) >= 11 is 0. The third kappa shape index (κ3) is 6.78. The third-order valence-corrected chi connectivity index (χ3v) is 3.88. The molecule has 21 heavy (non-hydrogen) atoms. The van der Waals surface area contributed by atoms with Crippen molar-refractivity contribution in [3.8, 4) is 5.75 Å². The monoisotopic (exact) mass is 326 g/mol. The van der Waals surface area contributed by atoms with E-state index < -0.39 is 22.1 Å². The van der Waals surface area contributed by atoms with E-state index in [-0.39, 0.29) is 11.4 Å². The topological polar surface area (TPSA) is 67.4 Å². The van der Waals surface area contributed by atoms with E-state index in [0.717, 1.165) is 18.7 Å². The van der Waals surface area contributed by atoms with Crippen LogP contribution in [-0.2, 0) is 10.0 Å². The van der Waals surface area contributed by atoms with Gasteiger partial charge in [0.1, 0.15) is 5.75 Å². The fraction of sp³-hybridized carbons (Fsp3) is 0.500. The van der Waals surface area contributed by atoms with Gasteiger partial charge in [0, 0.05) is 12.6 Å². The first kappa shape index (κ1) is 17.7. The van der Waals surface area contributed by atoms with Crippen LogP contribution in [0.25, 0.3) is 0 Å². The summed E-state index contributed by atoms with van der Waals surface area (Å²) in [6.07, 6.45) is -4.28. The zero-order valence-electron chi connectivity index (χ0n) is 11.4. The van der Waals surface area contributed by atoms with E-state index in [1.807, 2.05) is 6.92 Å². The van der Waals surface area contributed by atoms with E-state index in [0.29, 0.717) is 13.0 Å². The normalized spacial score (nSPS) is 12.4. The van der Waals surface area contributed by atoms with Gasteiger partial charge in [0.2, 0.25) is 10.0 Å². The minimum Gasteiger partial charge on any atom is -0.406 e. The number of ether oxygens (including phenoxy) is 1. The van der Waals surface area contributed by atoms with Gasteiger partial charge in [0.25, 0.3) is 0 Å². The van der Waals surface area contributed by atoms with E-state index in [1.54, 1.807) is 0 Å². The first-order valence-electron chi connectivity index (χ1n) is 6.31. The highest BCUT2D eigenvalue weighted by molar-refractivity contribution is 7.89. The lowest BCUT2D eigenvalue weighted by molar-refractivity contribution is -0.274. The lowest BCUT2D eigenvalue weighted by Gasteiger charge is -2.11. The van der Waals surface area contributed by atoms with Crippen LogP contribution >= 0.6 is 0 Å². The fourth-order valence-corrected chi connectivity index (χ4v) is 2.63. The quantitative estimate of drug-likeness (QED) is 0.716. The van der Waals surface area contributed by atoms with Crippen LogP contribution in [0.5, 0.6) is 5.75 Å². The summed E-state index contributed by atoms with van der Waals surface area (Å²) in [5.41, 5.74) is 0. The molecular weight excluding hydrogens is 309 g/mol. The van der Waals surface area contributed by atoms with Crippen molar-refractivity contribution in [1.29, 1.82) is 0 Å². The molecule has 0 radical (unpaired) electrons. The average molecular weight is 326 g/mol. The molecule has 1 rings (SSSR count). The highest BCUT2D eigenvalue weighted by Crippen LogP contribution is 2.24. The number of rotatable bonds is 8. The van der Waals surface area contributed by atoms with Crippen LogP contribution in [-0.4, -0.2) is 34.4 Å². The van der Waals surface area contributed by atoms with Gasteiger partial charge in [-0.1, -0.05) is 13.0 Å². The van der Waals surface area contributed by atoms with Gasteiger partial charge in [-0.2, -0.15) is 0 Å². The highest BCUT2D eigenvalue weighted by atomic mass is 32.2. The number of alkyl halides is 3. The predicted octanol–water partition coefficient (Wildman–Crippen LogP) is 1.86. The van der Waals surface area contributed by atoms with Crippen LogP contribution in [0.1, 0.15) is 13.3 Å². The Balaban J connectivity index is 2.68. The summed E-state index contributed by atoms with van der Waals surface area (Å²) in [6, 6.07) is 4.27. The first-order chi connectivity index (χ1) is 9.74. The Kier molecular flexibility index (Phi) is 6.43. The van der Waals surface area contributed by atoms with Crippen molar-refractivity contribution in [2.75, 3.05) is 19.6 Å². The Morgan fingerprint density at radius 1 is 1.24 bits per heavy atom. The standard InChI is InChI=1S/C12H17F3N2O3S/c1-2-16-7-4-8-17-21(18,19)11-6-3-5-10(9-11)20-12(13,14)15/h3,5-6,9,16-17H,2,4,7-8H2,1H3. The number of benzene rings is 1. The van der Waals surface area contributed by atoms with Crippen LogP contribution in [0.15, 0.2) is 29.2 Å². The molecule has 0 aliphatic heterocycles. The molecule has 0 fully saturated rings. The first-order valence-corrected chi connectivity index (χ1v) is 7.79. The molecule has 0 amide bonds. The molecule has 0 saturated heterocycles. The van der Waals surface area contributed by atoms with Crippen LogP contribution in [0.3, 0.4) is 0 Å². The largest absolute Gasteiger partial charge is 0.573 e. The molecule has 1 aromatic rings. The lowest BCUT2D eigenvalue weighted by atomic mass is 10.3. The molecule has 0 heterocycles. The maximum Gasteiger partial charge on any atom is 0.573 e. The Hall–Kier alpha value is -1.32. The molecule has 120 valence electrons. The molecule has 0 atom stereocenters. The van der Waals surface area contributed by atoms with Gasteiger partial charge in [0.05, 0.1) is 4.90 Å². The summed E-state index contributed by atoms with van der Waals surface area (Å²) < 4.78 is 66.1. The molecule has 0 aliphatic carbocycles. The summed E-state index contributed by atoms with van der Waals surface area (Å²) in [4.78, 5) is -0.271. The van der Waals surface area contributed by atoms with Crippen molar-refractivity contribution in [2.45, 2.75) is 24.6 Å². The molecule has 9 heteroatoms. The van der Waals surface area contributed by atoms with Crippen molar-refractivity contribution in [1.82, 2.24) is 10.0 Å². The van der Waals surface area contributed by atoms with Crippen LogP contribution in [0.2, 0.25) is 0 Å². The Bertz CT molecular complexity index is 547. The van der Waals surface area contributed by atoms with Gasteiger partial charge in [-0.25, -0.2) is 13.1 Å². The summed E-state index contributed by atoms with van der Waals surface area (Å²) in [5.74, 6) is -0.571. The van der Waals surface area contributed by atoms with E-state index in [4.69, 9.17) is 0 Å². The highest BCUT2D eigenvalue weighted by Gasteiger charge is 2.31. The number of hydrogen-bond donors (Lipinski definition) is 2. The van der Waals surface area contributed by atoms with E-state index in [2.05, 4.69) is 14.8 Å². The van der Waals surface area contributed by atoms with Gasteiger partial charge in [-0.15, -0.1) is 13.2 Å². The second kappa shape index (κ2) is 7.62. The summed E-state index contributed by atoms with van der Waals surface area (Å²) in [6.45, 7) is 3.55. The van der Waals surface area contributed by atoms with Crippen molar-refractivity contribution < 1.29 is 26.3 Å². The Morgan fingerprint density at radius 3 is 2.57 bits per heavy atom. The van der Waals surface area contributed by atoms with Crippen molar-refractivity contribution >= 4 is 10.0 Å². The number of sulfonamides is 1. The van der Waals surface area contributed by atoms with Gasteiger partial charge < -0.3 is 10.1 Å². The van der Waals surface area contributed by atoms with Crippen molar-refractivity contribution in [3.63, 3.8) is 0 Å². The predicted molar refractivity (Wildman–Crippen MR) is 71.5 cm³/mol. The lowest BCUT2D eigenvalue weighted by Crippen LogP contribution is -2.27. The smallest absolute Gasteiger partial charge is 0.406 e. The Labute approximate surface area is 121 Å². The van der Waals surface area contributed by atoms with Gasteiger partial charge >= 0.3 is 6.36 Å². The van der Waals surface area contributed by atoms with Crippen LogP contribution < -0.4 is 14.8 Å². The third-order valence-electron chi connectivity index (χ3n) is 2.42. The molecule has 0 bridgehead atoms. The summed E-state index contributed by atoms with van der Waals surface area (Å²) in [7, 11) is -3.85. The molecule has 1 aromatic carbocycles. The molecule has 0 spiro atoms. The molecule has 2 N–H and O–H groups in total. The second-order valence-corrected chi connectivity index (χ2v) is 5.89. The molecule has 0 aromatic heterocycles. The van der Waals surface area contributed by atoms with Gasteiger partial charge in [-0.05, 0) is 31.6 Å². The maximum absolute atomic E-state index is 12.1. The molecule has 0 unspecified atom stereocenters. The van der Waals surface area contributed by atoms with Crippen LogP contribution in [0, 0.1) is 0 Å². The minimum absolute atomic E-state index is 0.194. The molecule has 0 aliphatic rings. The maximum atomic E-state index is 12.1. The second-order valence-electron chi connectivity index (χ2n) is 4.13. The van der Waals surface area contributed by atoms with Gasteiger partial charge in [-0.3, -0.25) is 0 Å². The van der Waals surface area contributed by atoms with Crippen LogP contribution in [0.4, 0.5) is 13.2 Å². The zero-order valence-corrected chi connectivity index (χ0v) is 12.2. The van der Waals surface area contributed by atoms with E-state index in [1.165, 1.54) is 12.1 Å². The summed E-state index contributed by atoms with van der Waals surface area (Å²) in [5, 5.41) is 3.03. The molecule has 0 saturated carbocycles. The Morgan fingerprint density at radius 2 is 1.95 bits per heavy atom. The van der Waals surface area contributed by atoms with E-state index in [9.17, 15) is 21.6 Å². The minimum atomic E-state index is -4.86. The van der Waals surface area contributed by atoms with Crippen molar-refractivity contribution in [2.24, 2.45) is 0 Å². The SMILES string of the molecule is CCNCCCNS(=O)(=O)c1cccc(OC(F)(F)F)c1. The number of nitrogens with one attached hydrogen (secondary N) is 2.